The van der Waals surface area contributed by atoms with Crippen LogP contribution >= 0.6 is 0 Å². The predicted octanol–water partition coefficient (Wildman–Crippen LogP) is 2.88. The van der Waals surface area contributed by atoms with E-state index < -0.39 is 0 Å². The SMILES string of the molecule is COc1cccc(NC(=O)N2CCC(Oc3ccc(C)nn3)CC2)c1OC. The summed E-state index contributed by atoms with van der Waals surface area (Å²) in [6, 6.07) is 8.88. The number of ether oxygens (including phenoxy) is 3. The highest BCUT2D eigenvalue weighted by atomic mass is 16.5. The van der Waals surface area contributed by atoms with Gasteiger partial charge in [-0.2, -0.15) is 5.10 Å². The highest BCUT2D eigenvalue weighted by Crippen LogP contribution is 2.35. The third-order valence-electron chi connectivity index (χ3n) is 4.43. The van der Waals surface area contributed by atoms with E-state index in [0.717, 1.165) is 18.5 Å². The van der Waals surface area contributed by atoms with Crippen molar-refractivity contribution in [2.75, 3.05) is 32.6 Å². The summed E-state index contributed by atoms with van der Waals surface area (Å²) in [5.41, 5.74) is 1.43. The molecule has 8 nitrogen and oxygen atoms in total. The van der Waals surface area contributed by atoms with Crippen molar-refractivity contribution in [2.24, 2.45) is 0 Å². The smallest absolute Gasteiger partial charge is 0.321 e. The molecule has 2 amide bonds. The highest BCUT2D eigenvalue weighted by molar-refractivity contribution is 5.91. The zero-order valence-electron chi connectivity index (χ0n) is 15.8. The number of nitrogens with zero attached hydrogens (tertiary/aromatic N) is 3. The Bertz CT molecular complexity index is 774. The van der Waals surface area contributed by atoms with Gasteiger partial charge < -0.3 is 24.4 Å². The van der Waals surface area contributed by atoms with Crippen LogP contribution in [0.15, 0.2) is 30.3 Å². The summed E-state index contributed by atoms with van der Waals surface area (Å²) < 4.78 is 16.5. The van der Waals surface area contributed by atoms with Crippen LogP contribution in [0.3, 0.4) is 0 Å². The number of aromatic nitrogens is 2. The molecule has 1 aliphatic rings. The molecular formula is C19H24N4O4. The van der Waals surface area contributed by atoms with Gasteiger partial charge in [0.25, 0.3) is 0 Å². The van der Waals surface area contributed by atoms with E-state index in [1.54, 1.807) is 37.3 Å². The fourth-order valence-corrected chi connectivity index (χ4v) is 2.98. The molecule has 1 fully saturated rings. The van der Waals surface area contributed by atoms with Gasteiger partial charge in [-0.25, -0.2) is 4.79 Å². The molecule has 144 valence electrons. The third-order valence-corrected chi connectivity index (χ3v) is 4.43. The number of hydrogen-bond acceptors (Lipinski definition) is 6. The quantitative estimate of drug-likeness (QED) is 0.869. The van der Waals surface area contributed by atoms with Crippen molar-refractivity contribution in [1.29, 1.82) is 0 Å². The van der Waals surface area contributed by atoms with Crippen molar-refractivity contribution in [1.82, 2.24) is 15.1 Å². The van der Waals surface area contributed by atoms with E-state index in [2.05, 4.69) is 15.5 Å². The van der Waals surface area contributed by atoms with Gasteiger partial charge in [-0.1, -0.05) is 6.07 Å². The van der Waals surface area contributed by atoms with Crippen molar-refractivity contribution in [3.63, 3.8) is 0 Å². The van der Waals surface area contributed by atoms with E-state index in [1.807, 2.05) is 19.1 Å². The van der Waals surface area contributed by atoms with Gasteiger partial charge in [0.2, 0.25) is 5.88 Å². The molecule has 0 bridgehead atoms. The minimum atomic E-state index is -0.171. The lowest BCUT2D eigenvalue weighted by Gasteiger charge is -2.32. The molecule has 1 aromatic heterocycles. The van der Waals surface area contributed by atoms with E-state index in [9.17, 15) is 4.79 Å². The number of carbonyl (C=O) groups excluding carboxylic acids is 1. The lowest BCUT2D eigenvalue weighted by atomic mass is 10.1. The number of piperidine rings is 1. The lowest BCUT2D eigenvalue weighted by Crippen LogP contribution is -2.43. The van der Waals surface area contributed by atoms with Crippen LogP contribution in [0.4, 0.5) is 10.5 Å². The molecule has 0 aliphatic carbocycles. The van der Waals surface area contributed by atoms with E-state index in [-0.39, 0.29) is 12.1 Å². The predicted molar refractivity (Wildman–Crippen MR) is 101 cm³/mol. The Morgan fingerprint density at radius 3 is 2.52 bits per heavy atom. The molecule has 3 rings (SSSR count). The van der Waals surface area contributed by atoms with Crippen LogP contribution in [-0.2, 0) is 0 Å². The molecule has 0 spiro atoms. The summed E-state index contributed by atoms with van der Waals surface area (Å²) in [6.45, 7) is 3.08. The minimum Gasteiger partial charge on any atom is -0.493 e. The first-order valence-electron chi connectivity index (χ1n) is 8.84. The summed E-state index contributed by atoms with van der Waals surface area (Å²) in [4.78, 5) is 14.4. The van der Waals surface area contributed by atoms with Crippen LogP contribution in [0.2, 0.25) is 0 Å². The molecule has 0 saturated carbocycles. The maximum Gasteiger partial charge on any atom is 0.321 e. The molecule has 0 atom stereocenters. The Morgan fingerprint density at radius 1 is 1.11 bits per heavy atom. The monoisotopic (exact) mass is 372 g/mol. The van der Waals surface area contributed by atoms with E-state index >= 15 is 0 Å². The summed E-state index contributed by atoms with van der Waals surface area (Å²) in [5, 5.41) is 10.9. The molecule has 8 heteroatoms. The van der Waals surface area contributed by atoms with E-state index in [0.29, 0.717) is 36.2 Å². The topological polar surface area (TPSA) is 85.8 Å². The summed E-state index contributed by atoms with van der Waals surface area (Å²) in [7, 11) is 3.11. The second-order valence-electron chi connectivity index (χ2n) is 6.29. The number of urea groups is 1. The highest BCUT2D eigenvalue weighted by Gasteiger charge is 2.25. The molecule has 0 radical (unpaired) electrons. The van der Waals surface area contributed by atoms with Gasteiger partial charge in [0, 0.05) is 32.0 Å². The number of carbonyl (C=O) groups is 1. The Labute approximate surface area is 158 Å². The molecular weight excluding hydrogens is 348 g/mol. The van der Waals surface area contributed by atoms with Crippen LogP contribution in [-0.4, -0.2) is 54.5 Å². The maximum atomic E-state index is 12.6. The first-order chi connectivity index (χ1) is 13.1. The molecule has 2 heterocycles. The van der Waals surface area contributed by atoms with Gasteiger partial charge >= 0.3 is 6.03 Å². The average molecular weight is 372 g/mol. The zero-order chi connectivity index (χ0) is 19.2. The van der Waals surface area contributed by atoms with Crippen LogP contribution in [0, 0.1) is 6.92 Å². The zero-order valence-corrected chi connectivity index (χ0v) is 15.8. The van der Waals surface area contributed by atoms with Gasteiger partial charge in [0.05, 0.1) is 25.6 Å². The maximum absolute atomic E-state index is 12.6. The first kappa shape index (κ1) is 18.8. The van der Waals surface area contributed by atoms with Crippen molar-refractivity contribution >= 4 is 11.7 Å². The van der Waals surface area contributed by atoms with Crippen LogP contribution in [0.5, 0.6) is 17.4 Å². The molecule has 2 aromatic rings. The number of hydrogen-bond donors (Lipinski definition) is 1. The van der Waals surface area contributed by atoms with Crippen molar-refractivity contribution in [3.8, 4) is 17.4 Å². The number of anilines is 1. The third kappa shape index (κ3) is 4.58. The van der Waals surface area contributed by atoms with Gasteiger partial charge in [-0.05, 0) is 25.1 Å². The fraction of sp³-hybridized carbons (Fsp3) is 0.421. The van der Waals surface area contributed by atoms with Gasteiger partial charge in [0.15, 0.2) is 11.5 Å². The van der Waals surface area contributed by atoms with Gasteiger partial charge in [0.1, 0.15) is 6.10 Å². The second kappa shape index (κ2) is 8.57. The van der Waals surface area contributed by atoms with Gasteiger partial charge in [-0.3, -0.25) is 0 Å². The average Bonchev–Trinajstić information content (AvgIpc) is 2.70. The summed E-state index contributed by atoms with van der Waals surface area (Å²) in [5.74, 6) is 1.59. The van der Waals surface area contributed by atoms with Crippen molar-refractivity contribution < 1.29 is 19.0 Å². The number of para-hydroxylation sites is 1. The second-order valence-corrected chi connectivity index (χ2v) is 6.29. The largest absolute Gasteiger partial charge is 0.493 e. The Morgan fingerprint density at radius 2 is 1.89 bits per heavy atom. The molecule has 1 aliphatic heterocycles. The Hall–Kier alpha value is -3.03. The van der Waals surface area contributed by atoms with Crippen LogP contribution in [0.1, 0.15) is 18.5 Å². The van der Waals surface area contributed by atoms with Crippen molar-refractivity contribution in [2.45, 2.75) is 25.9 Å². The summed E-state index contributed by atoms with van der Waals surface area (Å²) >= 11 is 0. The lowest BCUT2D eigenvalue weighted by molar-refractivity contribution is 0.110. The number of methoxy groups -OCH3 is 2. The molecule has 27 heavy (non-hydrogen) atoms. The Balaban J connectivity index is 1.55. The fourth-order valence-electron chi connectivity index (χ4n) is 2.98. The number of amides is 2. The van der Waals surface area contributed by atoms with Crippen LogP contribution < -0.4 is 19.5 Å². The van der Waals surface area contributed by atoms with E-state index in [4.69, 9.17) is 14.2 Å². The minimum absolute atomic E-state index is 0.0254. The number of likely N-dealkylation sites (tertiary alicyclic amines) is 1. The number of benzene rings is 1. The molecule has 0 unspecified atom stereocenters. The van der Waals surface area contributed by atoms with E-state index in [1.165, 1.54) is 0 Å². The summed E-state index contributed by atoms with van der Waals surface area (Å²) in [6.07, 6.45) is 1.49. The molecule has 1 aromatic carbocycles. The molecule has 1 saturated heterocycles. The number of nitrogens with one attached hydrogen (secondary N) is 1. The normalized spacial score (nSPS) is 14.6. The standard InChI is InChI=1S/C19H24N4O4/c1-13-7-8-17(22-21-13)27-14-9-11-23(12-10-14)19(24)20-15-5-4-6-16(25-2)18(15)26-3/h4-8,14H,9-12H2,1-3H3,(H,20,24). The number of rotatable bonds is 5. The first-order valence-corrected chi connectivity index (χ1v) is 8.84. The van der Waals surface area contributed by atoms with Crippen LogP contribution in [0.25, 0.3) is 0 Å². The number of aryl methyl sites for hydroxylation is 1. The van der Waals surface area contributed by atoms with Gasteiger partial charge in [-0.15, -0.1) is 5.10 Å². The molecule has 1 N–H and O–H groups in total. The van der Waals surface area contributed by atoms with Crippen molar-refractivity contribution in [3.05, 3.63) is 36.0 Å². The Kier molecular flexibility index (Phi) is 5.95.